The van der Waals surface area contributed by atoms with Gasteiger partial charge in [0.15, 0.2) is 0 Å². The molecule has 4 aromatic heterocycles. The standard InChI is InChI=1S/C25H18Cl2F2N6O4/c1-39-23-22-18(8-20(31-23)32-5-4-13(36)10-32)34(12-2-3-16(28)14(26)6-12)25(38)35(24(22)37)21-9-30-19-7-17(29)15(27)11-33(19)21/h2-3,6-9,11,13,36H,4-5,10H2,1H3/t13-/m1/s1. The van der Waals surface area contributed by atoms with Crippen LogP contribution in [0.15, 0.2) is 52.3 Å². The summed E-state index contributed by atoms with van der Waals surface area (Å²) in [4.78, 5) is 38.5. The quantitative estimate of drug-likeness (QED) is 0.351. The Morgan fingerprint density at radius 1 is 1.08 bits per heavy atom. The molecular formula is C25H18Cl2F2N6O4. The molecule has 1 N–H and O–H groups in total. The first-order valence-electron chi connectivity index (χ1n) is 11.7. The predicted molar refractivity (Wildman–Crippen MR) is 141 cm³/mol. The van der Waals surface area contributed by atoms with Gasteiger partial charge in [-0.05, 0) is 24.6 Å². The number of benzene rings is 1. The van der Waals surface area contributed by atoms with Crippen LogP contribution in [0.4, 0.5) is 14.6 Å². The largest absolute Gasteiger partial charge is 0.480 e. The fraction of sp³-hybridized carbons (Fsp3) is 0.200. The van der Waals surface area contributed by atoms with E-state index in [0.717, 1.165) is 16.7 Å². The van der Waals surface area contributed by atoms with Gasteiger partial charge in [-0.3, -0.25) is 13.8 Å². The average molecular weight is 575 g/mol. The number of nitrogens with zero attached hydrogens (tertiary/aromatic N) is 6. The van der Waals surface area contributed by atoms with Crippen molar-refractivity contribution in [2.75, 3.05) is 25.1 Å². The minimum atomic E-state index is -0.849. The summed E-state index contributed by atoms with van der Waals surface area (Å²) in [6.45, 7) is 0.788. The first-order chi connectivity index (χ1) is 18.7. The minimum absolute atomic E-state index is 0.0282. The number of hydrogen-bond donors (Lipinski definition) is 1. The molecule has 5 heterocycles. The second kappa shape index (κ2) is 9.33. The SMILES string of the molecule is COc1nc(N2CC[C@@H](O)C2)cc2c1c(=O)n(-c1cnc3cc(F)c(Cl)cn13)c(=O)n2-c1ccc(F)c(Cl)c1. The molecule has 1 fully saturated rings. The van der Waals surface area contributed by atoms with E-state index >= 15 is 0 Å². The van der Waals surface area contributed by atoms with Crippen molar-refractivity contribution in [3.63, 3.8) is 0 Å². The van der Waals surface area contributed by atoms with Gasteiger partial charge in [-0.25, -0.2) is 23.1 Å². The Kier molecular flexibility index (Phi) is 6.05. The first-order valence-corrected chi connectivity index (χ1v) is 12.4. The summed E-state index contributed by atoms with van der Waals surface area (Å²) in [6, 6.07) is 6.28. The van der Waals surface area contributed by atoms with Crippen LogP contribution < -0.4 is 20.9 Å². The van der Waals surface area contributed by atoms with E-state index in [9.17, 15) is 23.5 Å². The van der Waals surface area contributed by atoms with Gasteiger partial charge in [0.25, 0.3) is 5.56 Å². The van der Waals surface area contributed by atoms with E-state index in [1.807, 2.05) is 0 Å². The summed E-state index contributed by atoms with van der Waals surface area (Å²) in [5.74, 6) is -1.17. The molecular weight excluding hydrogens is 557 g/mol. The van der Waals surface area contributed by atoms with Gasteiger partial charge in [0.2, 0.25) is 5.88 Å². The van der Waals surface area contributed by atoms with Crippen LogP contribution in [0.2, 0.25) is 10.0 Å². The van der Waals surface area contributed by atoms with Crippen LogP contribution >= 0.6 is 23.2 Å². The number of imidazole rings is 1. The highest BCUT2D eigenvalue weighted by Gasteiger charge is 2.27. The summed E-state index contributed by atoms with van der Waals surface area (Å²) in [6.07, 6.45) is 2.37. The van der Waals surface area contributed by atoms with Gasteiger partial charge in [0, 0.05) is 31.4 Å². The molecule has 5 aromatic rings. The van der Waals surface area contributed by atoms with Crippen LogP contribution in [0.25, 0.3) is 28.1 Å². The van der Waals surface area contributed by atoms with Gasteiger partial charge in [0.05, 0.1) is 40.7 Å². The van der Waals surface area contributed by atoms with E-state index in [-0.39, 0.29) is 44.0 Å². The molecule has 0 amide bonds. The number of aliphatic hydroxyl groups excluding tert-OH is 1. The third-order valence-electron chi connectivity index (χ3n) is 6.60. The molecule has 6 rings (SSSR count). The maximum Gasteiger partial charge on any atom is 0.342 e. The number of anilines is 1. The highest BCUT2D eigenvalue weighted by atomic mass is 35.5. The molecule has 200 valence electrons. The third kappa shape index (κ3) is 4.03. The highest BCUT2D eigenvalue weighted by Crippen LogP contribution is 2.30. The van der Waals surface area contributed by atoms with Crippen LogP contribution in [0.1, 0.15) is 6.42 Å². The van der Waals surface area contributed by atoms with Crippen LogP contribution in [0.3, 0.4) is 0 Å². The molecule has 0 spiro atoms. The van der Waals surface area contributed by atoms with Gasteiger partial charge < -0.3 is 14.7 Å². The minimum Gasteiger partial charge on any atom is -0.480 e. The van der Waals surface area contributed by atoms with E-state index in [0.29, 0.717) is 25.3 Å². The molecule has 0 radical (unpaired) electrons. The number of aliphatic hydroxyl groups is 1. The number of methoxy groups -OCH3 is 1. The second-order valence-corrected chi connectivity index (χ2v) is 9.76. The van der Waals surface area contributed by atoms with E-state index in [4.69, 9.17) is 27.9 Å². The first kappa shape index (κ1) is 25.3. The highest BCUT2D eigenvalue weighted by molar-refractivity contribution is 6.31. The van der Waals surface area contributed by atoms with Crippen molar-refractivity contribution in [2.24, 2.45) is 0 Å². The van der Waals surface area contributed by atoms with E-state index in [1.165, 1.54) is 46.7 Å². The molecule has 0 unspecified atom stereocenters. The Morgan fingerprint density at radius 2 is 1.87 bits per heavy atom. The normalized spacial score (nSPS) is 15.5. The zero-order valence-electron chi connectivity index (χ0n) is 20.1. The molecule has 10 nitrogen and oxygen atoms in total. The summed E-state index contributed by atoms with van der Waals surface area (Å²) in [7, 11) is 1.33. The lowest BCUT2D eigenvalue weighted by atomic mass is 10.2. The number of aromatic nitrogens is 5. The maximum absolute atomic E-state index is 14.1. The molecule has 0 saturated carbocycles. The predicted octanol–water partition coefficient (Wildman–Crippen LogP) is 3.35. The van der Waals surface area contributed by atoms with Gasteiger partial charge in [-0.1, -0.05) is 23.2 Å². The summed E-state index contributed by atoms with van der Waals surface area (Å²) >= 11 is 12.0. The lowest BCUT2D eigenvalue weighted by molar-refractivity contribution is 0.198. The van der Waals surface area contributed by atoms with Gasteiger partial charge >= 0.3 is 5.69 Å². The number of hydrogen-bond acceptors (Lipinski definition) is 7. The number of pyridine rings is 2. The van der Waals surface area contributed by atoms with Crippen molar-refractivity contribution in [1.82, 2.24) is 23.5 Å². The Labute approximate surface area is 227 Å². The number of β-amino-alcohol motifs (C(OH)–C–C–N with tert-alkyl or cyclic N) is 1. The van der Waals surface area contributed by atoms with Crippen LogP contribution in [-0.2, 0) is 0 Å². The monoisotopic (exact) mass is 574 g/mol. The van der Waals surface area contributed by atoms with Gasteiger partial charge in [-0.2, -0.15) is 4.98 Å². The van der Waals surface area contributed by atoms with Crippen LogP contribution in [0, 0.1) is 11.6 Å². The Bertz CT molecular complexity index is 1920. The fourth-order valence-electron chi connectivity index (χ4n) is 4.74. The van der Waals surface area contributed by atoms with E-state index in [1.54, 1.807) is 4.90 Å². The van der Waals surface area contributed by atoms with Crippen molar-refractivity contribution in [3.8, 4) is 17.4 Å². The van der Waals surface area contributed by atoms with Crippen molar-refractivity contribution >= 4 is 45.6 Å². The van der Waals surface area contributed by atoms with Gasteiger partial charge in [-0.15, -0.1) is 0 Å². The zero-order valence-corrected chi connectivity index (χ0v) is 21.6. The lowest BCUT2D eigenvalue weighted by Gasteiger charge is -2.20. The molecule has 1 aromatic carbocycles. The second-order valence-electron chi connectivity index (χ2n) is 8.94. The van der Waals surface area contributed by atoms with Crippen LogP contribution in [-0.4, -0.2) is 54.9 Å². The Hall–Kier alpha value is -4.00. The van der Waals surface area contributed by atoms with Crippen molar-refractivity contribution in [2.45, 2.75) is 12.5 Å². The summed E-state index contributed by atoms with van der Waals surface area (Å²) in [5, 5.41) is 9.48. The average Bonchev–Trinajstić information content (AvgIpc) is 3.52. The van der Waals surface area contributed by atoms with Crippen molar-refractivity contribution in [1.29, 1.82) is 0 Å². The molecule has 1 atom stereocenters. The number of ether oxygens (including phenoxy) is 1. The molecule has 0 aliphatic carbocycles. The molecule has 14 heteroatoms. The molecule has 1 aliphatic heterocycles. The third-order valence-corrected chi connectivity index (χ3v) is 7.16. The molecule has 1 saturated heterocycles. The number of rotatable bonds is 4. The Morgan fingerprint density at radius 3 is 2.56 bits per heavy atom. The molecule has 39 heavy (non-hydrogen) atoms. The topological polar surface area (TPSA) is 107 Å². The zero-order chi connectivity index (χ0) is 27.6. The molecule has 0 bridgehead atoms. The van der Waals surface area contributed by atoms with Crippen molar-refractivity contribution in [3.05, 3.63) is 85.2 Å². The molecule has 1 aliphatic rings. The Balaban J connectivity index is 1.75. The number of fused-ring (bicyclic) bond motifs is 2. The summed E-state index contributed by atoms with van der Waals surface area (Å²) in [5.41, 5.74) is -1.27. The van der Waals surface area contributed by atoms with Crippen molar-refractivity contribution < 1.29 is 18.6 Å². The van der Waals surface area contributed by atoms with E-state index in [2.05, 4.69) is 9.97 Å². The summed E-state index contributed by atoms with van der Waals surface area (Å²) < 4.78 is 36.9. The lowest BCUT2D eigenvalue weighted by Crippen LogP contribution is -2.39. The van der Waals surface area contributed by atoms with Gasteiger partial charge in [0.1, 0.15) is 34.3 Å². The van der Waals surface area contributed by atoms with Crippen LogP contribution in [0.5, 0.6) is 5.88 Å². The maximum atomic E-state index is 14.1. The fourth-order valence-corrected chi connectivity index (χ4v) is 5.07. The van der Waals surface area contributed by atoms with E-state index < -0.39 is 29.0 Å². The number of halogens is 4. The smallest absolute Gasteiger partial charge is 0.342 e.